The van der Waals surface area contributed by atoms with Gasteiger partial charge in [-0.25, -0.2) is 4.39 Å². The summed E-state index contributed by atoms with van der Waals surface area (Å²) in [6, 6.07) is 4.77. The molecule has 0 saturated carbocycles. The van der Waals surface area contributed by atoms with E-state index >= 15 is 0 Å². The van der Waals surface area contributed by atoms with Gasteiger partial charge in [-0.15, -0.1) is 12.4 Å². The summed E-state index contributed by atoms with van der Waals surface area (Å²) in [6.45, 7) is 1.99. The van der Waals surface area contributed by atoms with Crippen LogP contribution in [0.5, 0.6) is 5.75 Å². The maximum Gasteiger partial charge on any atom is 0.126 e. The van der Waals surface area contributed by atoms with Crippen molar-refractivity contribution in [1.29, 1.82) is 0 Å². The largest absolute Gasteiger partial charge is 0.496 e. The molecule has 0 spiro atoms. The third-order valence-electron chi connectivity index (χ3n) is 2.70. The summed E-state index contributed by atoms with van der Waals surface area (Å²) >= 11 is 0. The van der Waals surface area contributed by atoms with Gasteiger partial charge in [0.15, 0.2) is 0 Å². The Kier molecular flexibility index (Phi) is 4.36. The van der Waals surface area contributed by atoms with Gasteiger partial charge in [0.1, 0.15) is 11.6 Å². The highest BCUT2D eigenvalue weighted by atomic mass is 35.5. The van der Waals surface area contributed by atoms with Crippen molar-refractivity contribution in [2.24, 2.45) is 0 Å². The SMILES string of the molecule is COc1cc(F)ccc1C1CCNC1.Cl. The van der Waals surface area contributed by atoms with Gasteiger partial charge in [0.25, 0.3) is 0 Å². The van der Waals surface area contributed by atoms with Crippen molar-refractivity contribution in [3.63, 3.8) is 0 Å². The van der Waals surface area contributed by atoms with E-state index in [1.54, 1.807) is 7.11 Å². The van der Waals surface area contributed by atoms with Crippen LogP contribution in [0.15, 0.2) is 18.2 Å². The molecule has 1 atom stereocenters. The fraction of sp³-hybridized carbons (Fsp3) is 0.455. The number of benzene rings is 1. The molecule has 0 radical (unpaired) electrons. The Morgan fingerprint density at radius 3 is 2.87 bits per heavy atom. The van der Waals surface area contributed by atoms with Gasteiger partial charge in [-0.1, -0.05) is 6.07 Å². The van der Waals surface area contributed by atoms with Crippen molar-refractivity contribution in [1.82, 2.24) is 5.32 Å². The average molecular weight is 232 g/mol. The first kappa shape index (κ1) is 12.3. The molecular weight excluding hydrogens is 217 g/mol. The Morgan fingerprint density at radius 2 is 2.27 bits per heavy atom. The van der Waals surface area contributed by atoms with E-state index in [-0.39, 0.29) is 18.2 Å². The van der Waals surface area contributed by atoms with Crippen LogP contribution in [0.4, 0.5) is 4.39 Å². The molecule has 1 aliphatic heterocycles. The van der Waals surface area contributed by atoms with Gasteiger partial charge in [0.05, 0.1) is 7.11 Å². The zero-order chi connectivity index (χ0) is 9.97. The van der Waals surface area contributed by atoms with Crippen molar-refractivity contribution >= 4 is 12.4 Å². The third-order valence-corrected chi connectivity index (χ3v) is 2.70. The van der Waals surface area contributed by atoms with Crippen LogP contribution in [0.3, 0.4) is 0 Å². The van der Waals surface area contributed by atoms with Crippen molar-refractivity contribution in [3.8, 4) is 5.75 Å². The van der Waals surface area contributed by atoms with E-state index < -0.39 is 0 Å². The fourth-order valence-corrected chi connectivity index (χ4v) is 1.94. The minimum atomic E-state index is -0.239. The fourth-order valence-electron chi connectivity index (χ4n) is 1.94. The lowest BCUT2D eigenvalue weighted by Crippen LogP contribution is -2.08. The molecule has 1 heterocycles. The summed E-state index contributed by atoms with van der Waals surface area (Å²) in [5.74, 6) is 0.890. The number of hydrogen-bond acceptors (Lipinski definition) is 2. The lowest BCUT2D eigenvalue weighted by molar-refractivity contribution is 0.403. The van der Waals surface area contributed by atoms with Crippen molar-refractivity contribution in [3.05, 3.63) is 29.6 Å². The first-order valence-electron chi connectivity index (χ1n) is 4.85. The Morgan fingerprint density at radius 1 is 1.47 bits per heavy atom. The molecule has 4 heteroatoms. The zero-order valence-corrected chi connectivity index (χ0v) is 9.44. The Balaban J connectivity index is 0.00000112. The van der Waals surface area contributed by atoms with Crippen LogP contribution in [-0.2, 0) is 0 Å². The van der Waals surface area contributed by atoms with Crippen LogP contribution in [0.1, 0.15) is 17.9 Å². The molecular formula is C11H15ClFNO. The van der Waals surface area contributed by atoms with Gasteiger partial charge in [0, 0.05) is 18.5 Å². The Bertz CT molecular complexity index is 326. The van der Waals surface area contributed by atoms with Crippen LogP contribution < -0.4 is 10.1 Å². The number of rotatable bonds is 2. The van der Waals surface area contributed by atoms with E-state index in [1.807, 2.05) is 6.07 Å². The molecule has 2 nitrogen and oxygen atoms in total. The summed E-state index contributed by atoms with van der Waals surface area (Å²) in [6.07, 6.45) is 1.10. The van der Waals surface area contributed by atoms with Crippen molar-refractivity contribution in [2.45, 2.75) is 12.3 Å². The summed E-state index contributed by atoms with van der Waals surface area (Å²) < 4.78 is 18.1. The van der Waals surface area contributed by atoms with Gasteiger partial charge in [0.2, 0.25) is 0 Å². The number of nitrogens with one attached hydrogen (secondary N) is 1. The highest BCUT2D eigenvalue weighted by Crippen LogP contribution is 2.30. The van der Waals surface area contributed by atoms with E-state index in [2.05, 4.69) is 5.32 Å². The first-order valence-corrected chi connectivity index (χ1v) is 4.85. The molecule has 0 amide bonds. The van der Waals surface area contributed by atoms with Crippen molar-refractivity contribution < 1.29 is 9.13 Å². The zero-order valence-electron chi connectivity index (χ0n) is 8.63. The van der Waals surface area contributed by atoms with E-state index in [0.29, 0.717) is 11.7 Å². The van der Waals surface area contributed by atoms with Gasteiger partial charge >= 0.3 is 0 Å². The highest BCUT2D eigenvalue weighted by Gasteiger charge is 2.20. The van der Waals surface area contributed by atoms with Crippen LogP contribution >= 0.6 is 12.4 Å². The second-order valence-corrected chi connectivity index (χ2v) is 3.58. The topological polar surface area (TPSA) is 21.3 Å². The number of methoxy groups -OCH3 is 1. The predicted molar refractivity (Wildman–Crippen MR) is 60.4 cm³/mol. The lowest BCUT2D eigenvalue weighted by Gasteiger charge is -2.13. The highest BCUT2D eigenvalue weighted by molar-refractivity contribution is 5.85. The van der Waals surface area contributed by atoms with Gasteiger partial charge in [-0.3, -0.25) is 0 Å². The minimum Gasteiger partial charge on any atom is -0.496 e. The quantitative estimate of drug-likeness (QED) is 0.844. The monoisotopic (exact) mass is 231 g/mol. The summed E-state index contributed by atoms with van der Waals surface area (Å²) in [5, 5.41) is 3.29. The number of ether oxygens (including phenoxy) is 1. The molecule has 0 bridgehead atoms. The standard InChI is InChI=1S/C11H14FNO.ClH/c1-14-11-6-9(12)2-3-10(11)8-4-5-13-7-8;/h2-3,6,8,13H,4-5,7H2,1H3;1H. The second-order valence-electron chi connectivity index (χ2n) is 3.58. The predicted octanol–water partition coefficient (Wildman–Crippen LogP) is 2.33. The first-order chi connectivity index (χ1) is 6.81. The molecule has 84 valence electrons. The molecule has 0 aromatic heterocycles. The van der Waals surface area contributed by atoms with Gasteiger partial charge < -0.3 is 10.1 Å². The minimum absolute atomic E-state index is 0. The van der Waals surface area contributed by atoms with Crippen LogP contribution in [-0.4, -0.2) is 20.2 Å². The molecule has 1 fully saturated rings. The van der Waals surface area contributed by atoms with Crippen LogP contribution in [0.2, 0.25) is 0 Å². The maximum atomic E-state index is 12.9. The van der Waals surface area contributed by atoms with Gasteiger partial charge in [-0.2, -0.15) is 0 Å². The summed E-state index contributed by atoms with van der Waals surface area (Å²) in [7, 11) is 1.58. The van der Waals surface area contributed by atoms with Crippen LogP contribution in [0.25, 0.3) is 0 Å². The van der Waals surface area contributed by atoms with E-state index in [0.717, 1.165) is 25.1 Å². The Hall–Kier alpha value is -0.800. The molecule has 15 heavy (non-hydrogen) atoms. The molecule has 1 aromatic rings. The second kappa shape index (κ2) is 5.33. The number of halogens is 2. The number of hydrogen-bond donors (Lipinski definition) is 1. The van der Waals surface area contributed by atoms with Crippen LogP contribution in [0, 0.1) is 5.82 Å². The Labute approximate surface area is 95.2 Å². The van der Waals surface area contributed by atoms with E-state index in [1.165, 1.54) is 12.1 Å². The molecule has 1 aromatic carbocycles. The molecule has 0 aliphatic carbocycles. The molecule has 1 saturated heterocycles. The van der Waals surface area contributed by atoms with Gasteiger partial charge in [-0.05, 0) is 24.6 Å². The smallest absolute Gasteiger partial charge is 0.126 e. The lowest BCUT2D eigenvalue weighted by atomic mass is 9.97. The van der Waals surface area contributed by atoms with E-state index in [9.17, 15) is 4.39 Å². The molecule has 1 N–H and O–H groups in total. The summed E-state index contributed by atoms with van der Waals surface area (Å²) in [4.78, 5) is 0. The maximum absolute atomic E-state index is 12.9. The summed E-state index contributed by atoms with van der Waals surface area (Å²) in [5.41, 5.74) is 1.11. The average Bonchev–Trinajstić information content (AvgIpc) is 2.70. The molecule has 1 unspecified atom stereocenters. The van der Waals surface area contributed by atoms with E-state index in [4.69, 9.17) is 4.74 Å². The molecule has 2 rings (SSSR count). The normalized spacial score (nSPS) is 19.7. The molecule has 1 aliphatic rings. The van der Waals surface area contributed by atoms with Crippen molar-refractivity contribution in [2.75, 3.05) is 20.2 Å². The third kappa shape index (κ3) is 2.61.